The minimum atomic E-state index is -3.11. The van der Waals surface area contributed by atoms with Gasteiger partial charge in [0.15, 0.2) is 0 Å². The van der Waals surface area contributed by atoms with Crippen LogP contribution in [0.4, 0.5) is 13.2 Å². The van der Waals surface area contributed by atoms with Gasteiger partial charge in [-0.05, 0) is 43.5 Å². The molecule has 0 unspecified atom stereocenters. The number of aromatic nitrogens is 3. The summed E-state index contributed by atoms with van der Waals surface area (Å²) in [6, 6.07) is 6.48. The SMILES string of the molecule is C[C@](O)(CCc1c(-c2ccc(F)c(Cl)c2)c(=O)n(-c2cncc(Cl)c2)c(=O)n1CC#N)C(F)F. The fourth-order valence-electron chi connectivity index (χ4n) is 3.36. The zero-order valence-electron chi connectivity index (χ0n) is 17.6. The van der Waals surface area contributed by atoms with E-state index in [0.29, 0.717) is 0 Å². The number of nitrogens with zero attached hydrogens (tertiary/aromatic N) is 4. The van der Waals surface area contributed by atoms with Gasteiger partial charge < -0.3 is 5.11 Å². The van der Waals surface area contributed by atoms with E-state index in [1.54, 1.807) is 6.07 Å². The minimum absolute atomic E-state index is 0.00484. The molecule has 0 aliphatic heterocycles. The van der Waals surface area contributed by atoms with Crippen molar-refractivity contribution in [2.45, 2.75) is 38.3 Å². The van der Waals surface area contributed by atoms with Crippen LogP contribution in [0.25, 0.3) is 16.8 Å². The van der Waals surface area contributed by atoms with Crippen molar-refractivity contribution < 1.29 is 18.3 Å². The largest absolute Gasteiger partial charge is 0.384 e. The second-order valence-electron chi connectivity index (χ2n) is 7.64. The molecule has 0 saturated heterocycles. The molecule has 7 nitrogen and oxygen atoms in total. The molecule has 0 aliphatic carbocycles. The van der Waals surface area contributed by atoms with E-state index in [4.69, 9.17) is 23.2 Å². The number of halogens is 5. The molecule has 2 aromatic heterocycles. The Hall–Kier alpha value is -3.13. The van der Waals surface area contributed by atoms with Crippen LogP contribution in [-0.4, -0.2) is 31.3 Å². The first-order valence-electron chi connectivity index (χ1n) is 9.80. The van der Waals surface area contributed by atoms with E-state index < -0.39 is 42.1 Å². The highest BCUT2D eigenvalue weighted by atomic mass is 35.5. The molecule has 178 valence electrons. The Kier molecular flexibility index (Phi) is 7.51. The topological polar surface area (TPSA) is 101 Å². The van der Waals surface area contributed by atoms with Gasteiger partial charge in [0.05, 0.1) is 33.6 Å². The molecule has 12 heteroatoms. The molecule has 0 radical (unpaired) electrons. The summed E-state index contributed by atoms with van der Waals surface area (Å²) in [5.41, 5.74) is -4.46. The summed E-state index contributed by atoms with van der Waals surface area (Å²) in [7, 11) is 0. The number of nitriles is 1. The van der Waals surface area contributed by atoms with Crippen LogP contribution >= 0.6 is 23.2 Å². The van der Waals surface area contributed by atoms with Gasteiger partial charge in [-0.2, -0.15) is 5.26 Å². The first-order valence-corrected chi connectivity index (χ1v) is 10.6. The lowest BCUT2D eigenvalue weighted by molar-refractivity contribution is -0.0875. The molecule has 0 amide bonds. The number of aliphatic hydroxyl groups is 1. The molecular formula is C22H17Cl2F3N4O3. The maximum absolute atomic E-state index is 13.8. The zero-order chi connectivity index (χ0) is 25.2. The molecule has 2 heterocycles. The first-order chi connectivity index (χ1) is 16.0. The molecule has 34 heavy (non-hydrogen) atoms. The summed E-state index contributed by atoms with van der Waals surface area (Å²) >= 11 is 11.9. The monoisotopic (exact) mass is 512 g/mol. The van der Waals surface area contributed by atoms with E-state index in [1.807, 2.05) is 0 Å². The predicted octanol–water partition coefficient (Wildman–Crippen LogP) is 3.98. The molecule has 1 atom stereocenters. The molecule has 0 spiro atoms. The van der Waals surface area contributed by atoms with Gasteiger partial charge in [0, 0.05) is 11.9 Å². The van der Waals surface area contributed by atoms with Crippen molar-refractivity contribution in [1.82, 2.24) is 14.1 Å². The summed E-state index contributed by atoms with van der Waals surface area (Å²) in [4.78, 5) is 30.7. The molecule has 3 aromatic rings. The van der Waals surface area contributed by atoms with Crippen LogP contribution in [0.3, 0.4) is 0 Å². The van der Waals surface area contributed by atoms with Crippen LogP contribution in [0.5, 0.6) is 0 Å². The van der Waals surface area contributed by atoms with Gasteiger partial charge in [0.1, 0.15) is 18.0 Å². The lowest BCUT2D eigenvalue weighted by atomic mass is 9.95. The lowest BCUT2D eigenvalue weighted by Gasteiger charge is -2.24. The third-order valence-corrected chi connectivity index (χ3v) is 5.67. The normalized spacial score (nSPS) is 13.0. The van der Waals surface area contributed by atoms with E-state index >= 15 is 0 Å². The van der Waals surface area contributed by atoms with E-state index in [1.165, 1.54) is 24.5 Å². The van der Waals surface area contributed by atoms with Crippen molar-refractivity contribution in [3.05, 3.63) is 79.1 Å². The van der Waals surface area contributed by atoms with Crippen molar-refractivity contribution >= 4 is 23.2 Å². The van der Waals surface area contributed by atoms with Crippen molar-refractivity contribution in [2.24, 2.45) is 0 Å². The smallest absolute Gasteiger partial charge is 0.336 e. The van der Waals surface area contributed by atoms with Crippen LogP contribution in [0.15, 0.2) is 46.2 Å². The number of alkyl halides is 2. The Morgan fingerprint density at radius 3 is 2.53 bits per heavy atom. The summed E-state index contributed by atoms with van der Waals surface area (Å²) in [6.45, 7) is 0.374. The Bertz CT molecular complexity index is 1400. The highest BCUT2D eigenvalue weighted by Gasteiger charge is 2.33. The van der Waals surface area contributed by atoms with Crippen LogP contribution in [0.2, 0.25) is 10.0 Å². The summed E-state index contributed by atoms with van der Waals surface area (Å²) in [5, 5.41) is 19.2. The number of pyridine rings is 1. The fourth-order valence-corrected chi connectivity index (χ4v) is 3.71. The molecule has 1 N–H and O–H groups in total. The highest BCUT2D eigenvalue weighted by Crippen LogP contribution is 2.28. The van der Waals surface area contributed by atoms with E-state index in [9.17, 15) is 33.1 Å². The predicted molar refractivity (Wildman–Crippen MR) is 120 cm³/mol. The minimum Gasteiger partial charge on any atom is -0.384 e. The molecule has 0 fully saturated rings. The van der Waals surface area contributed by atoms with Gasteiger partial charge in [-0.25, -0.2) is 22.5 Å². The van der Waals surface area contributed by atoms with Crippen molar-refractivity contribution in [3.8, 4) is 22.9 Å². The van der Waals surface area contributed by atoms with Crippen molar-refractivity contribution in [2.75, 3.05) is 0 Å². The summed E-state index contributed by atoms with van der Waals surface area (Å²) in [5.74, 6) is -0.766. The average Bonchev–Trinajstić information content (AvgIpc) is 2.76. The van der Waals surface area contributed by atoms with Crippen LogP contribution in [-0.2, 0) is 13.0 Å². The third kappa shape index (κ3) is 5.01. The Labute approximate surface area is 201 Å². The molecule has 0 bridgehead atoms. The number of hydrogen-bond donors (Lipinski definition) is 1. The first kappa shape index (κ1) is 25.5. The van der Waals surface area contributed by atoms with E-state index in [2.05, 4.69) is 4.98 Å². The maximum atomic E-state index is 13.8. The standard InChI is InChI=1S/C22H17Cl2F3N4O3/c1-22(34,20(26)27)5-4-17-18(12-2-3-16(25)15(24)8-12)19(32)31(21(33)30(17)7-6-28)14-9-13(23)10-29-11-14/h2-3,8-11,20,34H,4-5,7H2,1H3/t22-/m0/s1. The van der Waals surface area contributed by atoms with Crippen molar-refractivity contribution in [3.63, 3.8) is 0 Å². The molecule has 1 aromatic carbocycles. The van der Waals surface area contributed by atoms with Crippen molar-refractivity contribution in [1.29, 1.82) is 5.26 Å². The fraction of sp³-hybridized carbons (Fsp3) is 0.273. The number of benzene rings is 1. The molecule has 0 aliphatic rings. The van der Waals surface area contributed by atoms with Gasteiger partial charge >= 0.3 is 5.69 Å². The van der Waals surface area contributed by atoms with Gasteiger partial charge in [-0.1, -0.05) is 29.3 Å². The molecule has 0 saturated carbocycles. The lowest BCUT2D eigenvalue weighted by Crippen LogP contribution is -2.42. The number of rotatable bonds is 7. The van der Waals surface area contributed by atoms with Gasteiger partial charge in [-0.3, -0.25) is 14.3 Å². The second-order valence-corrected chi connectivity index (χ2v) is 8.48. The van der Waals surface area contributed by atoms with Crippen LogP contribution in [0, 0.1) is 17.1 Å². The molecular weight excluding hydrogens is 496 g/mol. The average molecular weight is 513 g/mol. The molecule has 3 rings (SSSR count). The summed E-state index contributed by atoms with van der Waals surface area (Å²) in [6.07, 6.45) is -1.54. The summed E-state index contributed by atoms with van der Waals surface area (Å²) < 4.78 is 42.0. The quantitative estimate of drug-likeness (QED) is 0.515. The number of hydrogen-bond acceptors (Lipinski definition) is 5. The van der Waals surface area contributed by atoms with E-state index in [0.717, 1.165) is 28.2 Å². The zero-order valence-corrected chi connectivity index (χ0v) is 19.1. The maximum Gasteiger partial charge on any atom is 0.336 e. The van der Waals surface area contributed by atoms with Crippen LogP contribution < -0.4 is 11.2 Å². The van der Waals surface area contributed by atoms with Gasteiger partial charge in [0.2, 0.25) is 0 Å². The van der Waals surface area contributed by atoms with E-state index in [-0.39, 0.29) is 39.0 Å². The van der Waals surface area contributed by atoms with Gasteiger partial charge in [0.25, 0.3) is 12.0 Å². The Morgan fingerprint density at radius 2 is 1.94 bits per heavy atom. The Morgan fingerprint density at radius 1 is 1.24 bits per heavy atom. The second kappa shape index (κ2) is 10.0. The Balaban J connectivity index is 2.40. The highest BCUT2D eigenvalue weighted by molar-refractivity contribution is 6.31. The van der Waals surface area contributed by atoms with Gasteiger partial charge in [-0.15, -0.1) is 0 Å². The third-order valence-electron chi connectivity index (χ3n) is 5.18. The van der Waals surface area contributed by atoms with Crippen LogP contribution in [0.1, 0.15) is 19.0 Å².